The van der Waals surface area contributed by atoms with Crippen LogP contribution in [0, 0.1) is 0 Å². The molecule has 0 atom stereocenters. The van der Waals surface area contributed by atoms with Crippen molar-refractivity contribution in [2.24, 2.45) is 4.99 Å². The highest BCUT2D eigenvalue weighted by molar-refractivity contribution is 6.30. The summed E-state index contributed by atoms with van der Waals surface area (Å²) in [6, 6.07) is 3.52. The monoisotopic (exact) mass is 301 g/mol. The first kappa shape index (κ1) is 14.6. The van der Waals surface area contributed by atoms with Gasteiger partial charge in [0.1, 0.15) is 12.2 Å². The first-order chi connectivity index (χ1) is 9.41. The number of hydrogen-bond acceptors (Lipinski definition) is 2. The minimum absolute atomic E-state index is 0.0250. The highest BCUT2D eigenvalue weighted by Crippen LogP contribution is 2.38. The molecule has 0 saturated heterocycles. The number of aromatic nitrogens is 2. The first-order valence-corrected chi connectivity index (χ1v) is 6.22. The molecule has 0 fully saturated rings. The van der Waals surface area contributed by atoms with Crippen LogP contribution < -0.4 is 0 Å². The lowest BCUT2D eigenvalue weighted by molar-refractivity contribution is -0.137. The predicted molar refractivity (Wildman–Crippen MR) is 71.5 cm³/mol. The SMILES string of the molecule is CCC(=Nc1ccc(Cl)cc1C(F)(F)F)n1ccnc1. The van der Waals surface area contributed by atoms with Gasteiger partial charge in [0.15, 0.2) is 0 Å². The first-order valence-electron chi connectivity index (χ1n) is 5.84. The molecular formula is C13H11ClF3N3. The van der Waals surface area contributed by atoms with Crippen LogP contribution in [0.4, 0.5) is 18.9 Å². The Kier molecular flexibility index (Phi) is 4.13. The largest absolute Gasteiger partial charge is 0.418 e. The Morgan fingerprint density at radius 3 is 2.70 bits per heavy atom. The van der Waals surface area contributed by atoms with Crippen molar-refractivity contribution in [3.05, 3.63) is 47.5 Å². The van der Waals surface area contributed by atoms with Gasteiger partial charge in [-0.2, -0.15) is 13.2 Å². The number of benzene rings is 1. The van der Waals surface area contributed by atoms with Crippen molar-refractivity contribution in [1.29, 1.82) is 0 Å². The van der Waals surface area contributed by atoms with Gasteiger partial charge in [-0.3, -0.25) is 4.57 Å². The summed E-state index contributed by atoms with van der Waals surface area (Å²) in [5.41, 5.74) is -1.01. The van der Waals surface area contributed by atoms with Gasteiger partial charge in [-0.15, -0.1) is 0 Å². The van der Waals surface area contributed by atoms with E-state index < -0.39 is 11.7 Å². The Bertz CT molecular complexity index is 618. The van der Waals surface area contributed by atoms with E-state index in [4.69, 9.17) is 11.6 Å². The van der Waals surface area contributed by atoms with Gasteiger partial charge in [0.2, 0.25) is 0 Å². The summed E-state index contributed by atoms with van der Waals surface area (Å²) < 4.78 is 40.5. The van der Waals surface area contributed by atoms with Crippen molar-refractivity contribution in [3.63, 3.8) is 0 Å². The van der Waals surface area contributed by atoms with E-state index >= 15 is 0 Å². The summed E-state index contributed by atoms with van der Waals surface area (Å²) in [6.07, 6.45) is 0.628. The molecular weight excluding hydrogens is 291 g/mol. The maximum absolute atomic E-state index is 13.0. The van der Waals surface area contributed by atoms with Gasteiger partial charge in [0.05, 0.1) is 11.3 Å². The molecule has 0 aliphatic rings. The van der Waals surface area contributed by atoms with Crippen molar-refractivity contribution in [2.75, 3.05) is 0 Å². The van der Waals surface area contributed by atoms with Crippen molar-refractivity contribution in [1.82, 2.24) is 9.55 Å². The molecule has 0 aliphatic carbocycles. The maximum Gasteiger partial charge on any atom is 0.418 e. The predicted octanol–water partition coefficient (Wildman–Crippen LogP) is 4.54. The molecule has 106 valence electrons. The lowest BCUT2D eigenvalue weighted by Gasteiger charge is -2.12. The Morgan fingerprint density at radius 1 is 1.40 bits per heavy atom. The van der Waals surface area contributed by atoms with E-state index in [-0.39, 0.29) is 10.7 Å². The Hall–Kier alpha value is -1.82. The van der Waals surface area contributed by atoms with Crippen molar-refractivity contribution in [3.8, 4) is 0 Å². The van der Waals surface area contributed by atoms with Crippen molar-refractivity contribution in [2.45, 2.75) is 19.5 Å². The lowest BCUT2D eigenvalue weighted by atomic mass is 10.1. The van der Waals surface area contributed by atoms with Gasteiger partial charge >= 0.3 is 6.18 Å². The summed E-state index contributed by atoms with van der Waals surface area (Å²) >= 11 is 5.63. The summed E-state index contributed by atoms with van der Waals surface area (Å²) in [7, 11) is 0. The van der Waals surface area contributed by atoms with E-state index in [1.165, 1.54) is 24.7 Å². The van der Waals surface area contributed by atoms with E-state index in [0.29, 0.717) is 12.3 Å². The molecule has 0 radical (unpaired) electrons. The van der Waals surface area contributed by atoms with E-state index in [1.54, 1.807) is 10.8 Å². The molecule has 0 spiro atoms. The Balaban J connectivity index is 2.52. The van der Waals surface area contributed by atoms with Crippen molar-refractivity contribution < 1.29 is 13.2 Å². The van der Waals surface area contributed by atoms with E-state index in [2.05, 4.69) is 9.98 Å². The molecule has 0 aliphatic heterocycles. The number of halogens is 4. The highest BCUT2D eigenvalue weighted by atomic mass is 35.5. The molecule has 0 N–H and O–H groups in total. The van der Waals surface area contributed by atoms with E-state index in [1.807, 2.05) is 6.92 Å². The third-order valence-electron chi connectivity index (χ3n) is 2.63. The smallest absolute Gasteiger partial charge is 0.294 e. The maximum atomic E-state index is 13.0. The second kappa shape index (κ2) is 5.66. The average Bonchev–Trinajstić information content (AvgIpc) is 2.90. The van der Waals surface area contributed by atoms with E-state index in [0.717, 1.165) is 6.07 Å². The zero-order valence-electron chi connectivity index (χ0n) is 10.5. The number of aliphatic imine (C=N–C) groups is 1. The molecule has 1 aromatic carbocycles. The number of imidazole rings is 1. The summed E-state index contributed by atoms with van der Waals surface area (Å²) in [6.45, 7) is 1.81. The fraction of sp³-hybridized carbons (Fsp3) is 0.231. The molecule has 1 heterocycles. The highest BCUT2D eigenvalue weighted by Gasteiger charge is 2.33. The van der Waals surface area contributed by atoms with Crippen LogP contribution in [0.3, 0.4) is 0 Å². The quantitative estimate of drug-likeness (QED) is 0.591. The van der Waals surface area contributed by atoms with Gasteiger partial charge in [0, 0.05) is 23.8 Å². The van der Waals surface area contributed by atoms with Crippen LogP contribution in [-0.2, 0) is 6.18 Å². The molecule has 1 aromatic heterocycles. The second-order valence-electron chi connectivity index (χ2n) is 4.01. The number of alkyl halides is 3. The zero-order chi connectivity index (χ0) is 14.8. The van der Waals surface area contributed by atoms with Crippen LogP contribution in [-0.4, -0.2) is 15.4 Å². The topological polar surface area (TPSA) is 30.2 Å². The average molecular weight is 302 g/mol. The van der Waals surface area contributed by atoms with Crippen LogP contribution in [0.5, 0.6) is 0 Å². The molecule has 3 nitrogen and oxygen atoms in total. The van der Waals surface area contributed by atoms with Crippen LogP contribution in [0.25, 0.3) is 0 Å². The van der Waals surface area contributed by atoms with Gasteiger partial charge in [-0.25, -0.2) is 9.98 Å². The molecule has 0 bridgehead atoms. The molecule has 2 rings (SSSR count). The van der Waals surface area contributed by atoms with Gasteiger partial charge in [-0.05, 0) is 18.2 Å². The van der Waals surface area contributed by atoms with Crippen LogP contribution in [0.1, 0.15) is 18.9 Å². The van der Waals surface area contributed by atoms with Crippen LogP contribution in [0.2, 0.25) is 5.02 Å². The fourth-order valence-corrected chi connectivity index (χ4v) is 1.88. The van der Waals surface area contributed by atoms with Gasteiger partial charge < -0.3 is 0 Å². The number of rotatable bonds is 2. The van der Waals surface area contributed by atoms with Crippen LogP contribution in [0.15, 0.2) is 41.9 Å². The Morgan fingerprint density at radius 2 is 2.15 bits per heavy atom. The lowest BCUT2D eigenvalue weighted by Crippen LogP contribution is -2.10. The third kappa shape index (κ3) is 3.19. The van der Waals surface area contributed by atoms with Gasteiger partial charge in [0.25, 0.3) is 0 Å². The van der Waals surface area contributed by atoms with Crippen molar-refractivity contribution >= 4 is 23.1 Å². The zero-order valence-corrected chi connectivity index (χ0v) is 11.3. The van der Waals surface area contributed by atoms with Crippen LogP contribution >= 0.6 is 11.6 Å². The molecule has 0 saturated carbocycles. The minimum atomic E-state index is -4.50. The van der Waals surface area contributed by atoms with E-state index in [9.17, 15) is 13.2 Å². The Labute approximate surface area is 118 Å². The number of hydrogen-bond donors (Lipinski definition) is 0. The molecule has 0 amide bonds. The molecule has 7 heteroatoms. The summed E-state index contributed by atoms with van der Waals surface area (Å²) in [5, 5.41) is 0.0250. The van der Waals surface area contributed by atoms with Gasteiger partial charge in [-0.1, -0.05) is 18.5 Å². The number of nitrogens with zero attached hydrogens (tertiary/aromatic N) is 3. The fourth-order valence-electron chi connectivity index (χ4n) is 1.70. The molecule has 20 heavy (non-hydrogen) atoms. The second-order valence-corrected chi connectivity index (χ2v) is 4.45. The summed E-state index contributed by atoms with van der Waals surface area (Å²) in [4.78, 5) is 7.94. The normalized spacial score (nSPS) is 12.8. The minimum Gasteiger partial charge on any atom is -0.294 e. The molecule has 2 aromatic rings. The third-order valence-corrected chi connectivity index (χ3v) is 2.87. The summed E-state index contributed by atoms with van der Waals surface area (Å²) in [5.74, 6) is 0.468. The standard InChI is InChI=1S/C13H11ClF3N3/c1-2-12(20-6-5-18-8-20)19-11-4-3-9(14)7-10(11)13(15,16)17/h3-8H,2H2,1H3. The molecule has 0 unspecified atom stereocenters.